The Morgan fingerprint density at radius 1 is 1.24 bits per heavy atom. The van der Waals surface area contributed by atoms with E-state index < -0.39 is 0 Å². The third kappa shape index (κ3) is 4.03. The Hall–Kier alpha value is -2.73. The van der Waals surface area contributed by atoms with Gasteiger partial charge < -0.3 is 11.1 Å². The first-order valence-electron chi connectivity index (χ1n) is 8.41. The van der Waals surface area contributed by atoms with Crippen LogP contribution in [-0.2, 0) is 11.3 Å². The fraction of sp³-hybridized carbons (Fsp3) is 0.316. The summed E-state index contributed by atoms with van der Waals surface area (Å²) >= 11 is 0. The number of benzene rings is 1. The molecule has 6 heteroatoms. The van der Waals surface area contributed by atoms with Gasteiger partial charge in [0.2, 0.25) is 5.91 Å². The van der Waals surface area contributed by atoms with Crippen LogP contribution < -0.4 is 11.1 Å². The summed E-state index contributed by atoms with van der Waals surface area (Å²) in [6.07, 6.45) is 1.74. The van der Waals surface area contributed by atoms with Crippen LogP contribution in [0.4, 0.5) is 5.69 Å². The molecular weight excluding hydrogens is 316 g/mol. The van der Waals surface area contributed by atoms with Gasteiger partial charge in [0.1, 0.15) is 5.69 Å². The van der Waals surface area contributed by atoms with E-state index in [1.54, 1.807) is 6.07 Å². The summed E-state index contributed by atoms with van der Waals surface area (Å²) in [7, 11) is 0. The van der Waals surface area contributed by atoms with E-state index in [-0.39, 0.29) is 17.9 Å². The number of anilines is 1. The Labute approximate surface area is 147 Å². The summed E-state index contributed by atoms with van der Waals surface area (Å²) in [6.45, 7) is 3.25. The molecule has 1 aliphatic rings. The van der Waals surface area contributed by atoms with Crippen molar-refractivity contribution in [3.8, 4) is 0 Å². The number of pyridine rings is 1. The minimum Gasteiger partial charge on any atom is -0.368 e. The van der Waals surface area contributed by atoms with Crippen LogP contribution in [0.15, 0.2) is 42.5 Å². The molecule has 1 fully saturated rings. The first-order valence-corrected chi connectivity index (χ1v) is 8.41. The number of aryl methyl sites for hydroxylation is 1. The van der Waals surface area contributed by atoms with Gasteiger partial charge in [-0.15, -0.1) is 0 Å². The van der Waals surface area contributed by atoms with Gasteiger partial charge in [0.05, 0.1) is 6.04 Å². The molecule has 130 valence electrons. The van der Waals surface area contributed by atoms with Crippen molar-refractivity contribution in [3.05, 3.63) is 59.4 Å². The van der Waals surface area contributed by atoms with Crippen molar-refractivity contribution in [2.24, 2.45) is 5.73 Å². The first-order chi connectivity index (χ1) is 12.0. The number of primary amides is 1. The molecule has 1 saturated heterocycles. The fourth-order valence-corrected chi connectivity index (χ4v) is 3.19. The lowest BCUT2D eigenvalue weighted by Gasteiger charge is -2.23. The molecule has 1 aliphatic heterocycles. The van der Waals surface area contributed by atoms with Crippen molar-refractivity contribution >= 4 is 17.5 Å². The predicted octanol–water partition coefficient (Wildman–Crippen LogP) is 2.09. The maximum atomic E-state index is 12.5. The highest BCUT2D eigenvalue weighted by atomic mass is 16.2. The van der Waals surface area contributed by atoms with Crippen LogP contribution in [-0.4, -0.2) is 34.3 Å². The van der Waals surface area contributed by atoms with Crippen LogP contribution in [0.5, 0.6) is 0 Å². The van der Waals surface area contributed by atoms with Crippen LogP contribution in [0.2, 0.25) is 0 Å². The SMILES string of the molecule is Cc1cccc(C(=O)Nc2ccccc2CN2CCC[C@H]2C(N)=O)n1. The molecule has 25 heavy (non-hydrogen) atoms. The van der Waals surface area contributed by atoms with E-state index in [1.807, 2.05) is 43.3 Å². The van der Waals surface area contributed by atoms with Gasteiger partial charge in [-0.3, -0.25) is 14.5 Å². The van der Waals surface area contributed by atoms with E-state index in [0.29, 0.717) is 12.2 Å². The summed E-state index contributed by atoms with van der Waals surface area (Å²) in [5, 5.41) is 2.93. The average Bonchev–Trinajstić information content (AvgIpc) is 3.05. The Kier molecular flexibility index (Phi) is 5.09. The average molecular weight is 338 g/mol. The van der Waals surface area contributed by atoms with Gasteiger partial charge in [0.25, 0.3) is 5.91 Å². The van der Waals surface area contributed by atoms with E-state index in [4.69, 9.17) is 5.73 Å². The Balaban J connectivity index is 1.77. The summed E-state index contributed by atoms with van der Waals surface area (Å²) < 4.78 is 0. The van der Waals surface area contributed by atoms with Crippen molar-refractivity contribution in [1.82, 2.24) is 9.88 Å². The van der Waals surface area contributed by atoms with Crippen molar-refractivity contribution in [2.75, 3.05) is 11.9 Å². The molecule has 1 aromatic heterocycles. The van der Waals surface area contributed by atoms with Crippen LogP contribution in [0, 0.1) is 6.92 Å². The lowest BCUT2D eigenvalue weighted by molar-refractivity contribution is -0.122. The van der Waals surface area contributed by atoms with E-state index in [9.17, 15) is 9.59 Å². The van der Waals surface area contributed by atoms with E-state index >= 15 is 0 Å². The number of carbonyl (C=O) groups is 2. The number of nitrogens with one attached hydrogen (secondary N) is 1. The number of nitrogens with two attached hydrogens (primary N) is 1. The first kappa shape index (κ1) is 17.1. The molecule has 0 bridgehead atoms. The minimum absolute atomic E-state index is 0.234. The van der Waals surface area contributed by atoms with Crippen LogP contribution in [0.25, 0.3) is 0 Å². The quantitative estimate of drug-likeness (QED) is 0.874. The van der Waals surface area contributed by atoms with Crippen molar-refractivity contribution in [2.45, 2.75) is 32.4 Å². The number of aromatic nitrogens is 1. The van der Waals surface area contributed by atoms with Crippen molar-refractivity contribution in [1.29, 1.82) is 0 Å². The lowest BCUT2D eigenvalue weighted by Crippen LogP contribution is -2.39. The van der Waals surface area contributed by atoms with Gasteiger partial charge in [0, 0.05) is 17.9 Å². The van der Waals surface area contributed by atoms with Gasteiger partial charge in [0.15, 0.2) is 0 Å². The summed E-state index contributed by atoms with van der Waals surface area (Å²) in [5.41, 5.74) is 8.35. The molecule has 0 unspecified atom stereocenters. The molecule has 0 aliphatic carbocycles. The smallest absolute Gasteiger partial charge is 0.274 e. The molecule has 6 nitrogen and oxygen atoms in total. The summed E-state index contributed by atoms with van der Waals surface area (Å²) in [4.78, 5) is 30.4. The second-order valence-electron chi connectivity index (χ2n) is 6.31. The van der Waals surface area contributed by atoms with Crippen molar-refractivity contribution < 1.29 is 9.59 Å². The molecule has 0 saturated carbocycles. The number of rotatable bonds is 5. The second kappa shape index (κ2) is 7.44. The number of hydrogen-bond donors (Lipinski definition) is 2. The molecule has 2 heterocycles. The van der Waals surface area contributed by atoms with Gasteiger partial charge in [-0.05, 0) is 50.1 Å². The fourth-order valence-electron chi connectivity index (χ4n) is 3.19. The van der Waals surface area contributed by atoms with Crippen LogP contribution in [0.3, 0.4) is 0 Å². The van der Waals surface area contributed by atoms with Crippen LogP contribution >= 0.6 is 0 Å². The standard InChI is InChI=1S/C19H22N4O2/c1-13-6-4-9-16(21-13)19(25)22-15-8-3-2-7-14(15)12-23-11-5-10-17(23)18(20)24/h2-4,6-9,17H,5,10-12H2,1H3,(H2,20,24)(H,22,25)/t17-/m0/s1. The number of carbonyl (C=O) groups excluding carboxylic acids is 2. The Morgan fingerprint density at radius 2 is 2.04 bits per heavy atom. The van der Waals surface area contributed by atoms with Gasteiger partial charge in [-0.25, -0.2) is 4.98 Å². The predicted molar refractivity (Wildman–Crippen MR) is 96.0 cm³/mol. The molecule has 0 spiro atoms. The zero-order valence-corrected chi connectivity index (χ0v) is 14.2. The molecule has 3 N–H and O–H groups in total. The Bertz CT molecular complexity index is 790. The van der Waals surface area contributed by atoms with Crippen LogP contribution in [0.1, 0.15) is 34.6 Å². The minimum atomic E-state index is -0.289. The van der Waals surface area contributed by atoms with Gasteiger partial charge in [-0.2, -0.15) is 0 Å². The zero-order valence-electron chi connectivity index (χ0n) is 14.2. The second-order valence-corrected chi connectivity index (χ2v) is 6.31. The monoisotopic (exact) mass is 338 g/mol. The van der Waals surface area contributed by atoms with E-state index in [2.05, 4.69) is 15.2 Å². The maximum Gasteiger partial charge on any atom is 0.274 e. The molecule has 3 rings (SSSR count). The number of para-hydroxylation sites is 1. The molecule has 1 atom stereocenters. The molecule has 2 aromatic rings. The highest BCUT2D eigenvalue weighted by Gasteiger charge is 2.29. The molecular formula is C19H22N4O2. The number of nitrogens with zero attached hydrogens (tertiary/aromatic N) is 2. The summed E-state index contributed by atoms with van der Waals surface area (Å²) in [6, 6.07) is 12.7. The van der Waals surface area contributed by atoms with Crippen molar-refractivity contribution in [3.63, 3.8) is 0 Å². The van der Waals surface area contributed by atoms with E-state index in [1.165, 1.54) is 0 Å². The number of likely N-dealkylation sites (tertiary alicyclic amines) is 1. The number of amides is 2. The molecule has 2 amide bonds. The van der Waals surface area contributed by atoms with Gasteiger partial charge >= 0.3 is 0 Å². The third-order valence-electron chi connectivity index (χ3n) is 4.45. The number of hydrogen-bond acceptors (Lipinski definition) is 4. The van der Waals surface area contributed by atoms with E-state index in [0.717, 1.165) is 36.3 Å². The zero-order chi connectivity index (χ0) is 17.8. The topological polar surface area (TPSA) is 88.3 Å². The van der Waals surface area contributed by atoms with Gasteiger partial charge in [-0.1, -0.05) is 24.3 Å². The lowest BCUT2D eigenvalue weighted by atomic mass is 10.1. The normalized spacial score (nSPS) is 17.4. The highest BCUT2D eigenvalue weighted by Crippen LogP contribution is 2.24. The maximum absolute atomic E-state index is 12.5. The molecule has 0 radical (unpaired) electrons. The largest absolute Gasteiger partial charge is 0.368 e. The summed E-state index contributed by atoms with van der Waals surface area (Å²) in [5.74, 6) is -0.535. The third-order valence-corrected chi connectivity index (χ3v) is 4.45. The molecule has 1 aromatic carbocycles. The highest BCUT2D eigenvalue weighted by molar-refractivity contribution is 6.03. The Morgan fingerprint density at radius 3 is 2.80 bits per heavy atom.